The van der Waals surface area contributed by atoms with Crippen LogP contribution in [-0.4, -0.2) is 11.6 Å². The summed E-state index contributed by atoms with van der Waals surface area (Å²) in [5, 5.41) is 1.06. The molecule has 0 spiro atoms. The van der Waals surface area contributed by atoms with Crippen LogP contribution in [0.1, 0.15) is 70.4 Å². The van der Waals surface area contributed by atoms with Gasteiger partial charge in [-0.05, 0) is 54.4 Å². The number of Topliss-reactive ketones (excluding diaryl/α,β-unsaturated/α-hetero) is 2. The normalized spacial score (nSPS) is 21.9. The van der Waals surface area contributed by atoms with Crippen molar-refractivity contribution in [1.29, 1.82) is 0 Å². The van der Waals surface area contributed by atoms with E-state index in [1.54, 1.807) is 6.07 Å². The van der Waals surface area contributed by atoms with Gasteiger partial charge in [0.25, 0.3) is 0 Å². The Hall–Kier alpha value is -2.36. The highest BCUT2D eigenvalue weighted by atomic mass is 35.5. The molecular weight excluding hydrogens is 477 g/mol. The van der Waals surface area contributed by atoms with Crippen molar-refractivity contribution in [2.45, 2.75) is 66.2 Å². The summed E-state index contributed by atoms with van der Waals surface area (Å²) in [4.78, 5) is 29.8. The lowest BCUT2D eigenvalue weighted by molar-refractivity contribution is -0.119. The Balaban J connectivity index is 1.85. The zero-order chi connectivity index (χ0) is 25.3. The lowest BCUT2D eigenvalue weighted by atomic mass is 9.63. The van der Waals surface area contributed by atoms with E-state index in [1.165, 1.54) is 0 Å². The maximum Gasteiger partial charge on any atom is 0.162 e. The maximum atomic E-state index is 13.8. The number of rotatable bonds is 2. The van der Waals surface area contributed by atoms with E-state index in [0.717, 1.165) is 52.2 Å². The first kappa shape index (κ1) is 24.3. The van der Waals surface area contributed by atoms with Gasteiger partial charge in [-0.3, -0.25) is 9.59 Å². The Kier molecular flexibility index (Phi) is 5.81. The molecule has 2 aromatic rings. The molecule has 35 heavy (non-hydrogen) atoms. The SMILES string of the molecule is Cc1ccc(C2C3=C(CC(C)(C)CC3=O)N(c3ccc(Cl)cc3Cl)C3=C2C(=O)CC(C)(C)C3)cc1. The Morgan fingerprint density at radius 1 is 0.771 bits per heavy atom. The van der Waals surface area contributed by atoms with Crippen LogP contribution in [0.2, 0.25) is 10.0 Å². The maximum absolute atomic E-state index is 13.8. The zero-order valence-corrected chi connectivity index (χ0v) is 22.5. The lowest BCUT2D eigenvalue weighted by Crippen LogP contribution is -2.44. The van der Waals surface area contributed by atoms with Crippen molar-refractivity contribution in [1.82, 2.24) is 0 Å². The van der Waals surface area contributed by atoms with Crippen molar-refractivity contribution < 1.29 is 9.59 Å². The van der Waals surface area contributed by atoms with Crippen molar-refractivity contribution in [3.63, 3.8) is 0 Å². The predicted octanol–water partition coefficient (Wildman–Crippen LogP) is 8.19. The molecule has 5 heteroatoms. The fraction of sp³-hybridized carbons (Fsp3) is 0.400. The molecule has 0 saturated heterocycles. The molecule has 1 heterocycles. The number of anilines is 1. The molecule has 1 aliphatic heterocycles. The molecule has 0 atom stereocenters. The number of hydrogen-bond donors (Lipinski definition) is 0. The first-order chi connectivity index (χ1) is 16.4. The molecule has 0 saturated carbocycles. The van der Waals surface area contributed by atoms with Crippen LogP contribution in [-0.2, 0) is 9.59 Å². The summed E-state index contributed by atoms with van der Waals surface area (Å²) in [7, 11) is 0. The molecule has 0 fully saturated rings. The fourth-order valence-corrected chi connectivity index (χ4v) is 6.50. The van der Waals surface area contributed by atoms with E-state index in [4.69, 9.17) is 23.2 Å². The summed E-state index contributed by atoms with van der Waals surface area (Å²) in [5.41, 5.74) is 5.93. The smallest absolute Gasteiger partial charge is 0.162 e. The average molecular weight is 508 g/mol. The average Bonchev–Trinajstić information content (AvgIpc) is 2.72. The second-order valence-corrected chi connectivity index (χ2v) is 12.7. The van der Waals surface area contributed by atoms with Gasteiger partial charge in [0.1, 0.15) is 0 Å². The summed E-state index contributed by atoms with van der Waals surface area (Å²) >= 11 is 13.0. The Bertz CT molecular complexity index is 1260. The predicted molar refractivity (Wildman–Crippen MR) is 143 cm³/mol. The summed E-state index contributed by atoms with van der Waals surface area (Å²) in [5.74, 6) is -0.127. The van der Waals surface area contributed by atoms with E-state index in [0.29, 0.717) is 22.9 Å². The molecule has 0 amide bonds. The number of aryl methyl sites for hydroxylation is 1. The number of carbonyl (C=O) groups is 2. The second kappa shape index (κ2) is 8.35. The molecule has 0 aromatic heterocycles. The van der Waals surface area contributed by atoms with Crippen LogP contribution < -0.4 is 4.90 Å². The van der Waals surface area contributed by atoms with Crippen molar-refractivity contribution in [3.8, 4) is 0 Å². The summed E-state index contributed by atoms with van der Waals surface area (Å²) < 4.78 is 0. The number of hydrogen-bond acceptors (Lipinski definition) is 3. The first-order valence-corrected chi connectivity index (χ1v) is 13.0. The van der Waals surface area contributed by atoms with E-state index < -0.39 is 0 Å². The fourth-order valence-electron chi connectivity index (χ4n) is 6.01. The van der Waals surface area contributed by atoms with Crippen LogP contribution in [0.15, 0.2) is 65.0 Å². The van der Waals surface area contributed by atoms with Crippen molar-refractivity contribution in [2.24, 2.45) is 10.8 Å². The quantitative estimate of drug-likeness (QED) is 0.410. The molecule has 2 aliphatic carbocycles. The Morgan fingerprint density at radius 3 is 1.77 bits per heavy atom. The molecular formula is C30H31Cl2NO2. The minimum atomic E-state index is -0.352. The van der Waals surface area contributed by atoms with E-state index >= 15 is 0 Å². The van der Waals surface area contributed by atoms with Gasteiger partial charge < -0.3 is 4.90 Å². The molecule has 5 rings (SSSR count). The third-order valence-corrected chi connectivity index (χ3v) is 8.01. The van der Waals surface area contributed by atoms with Crippen LogP contribution in [0.3, 0.4) is 0 Å². The molecule has 3 nitrogen and oxygen atoms in total. The van der Waals surface area contributed by atoms with Crippen LogP contribution in [0.25, 0.3) is 0 Å². The van der Waals surface area contributed by atoms with Gasteiger partial charge in [-0.25, -0.2) is 0 Å². The lowest BCUT2D eigenvalue weighted by Gasteiger charge is -2.49. The summed E-state index contributed by atoms with van der Waals surface area (Å²) in [6.07, 6.45) is 2.36. The third-order valence-electron chi connectivity index (χ3n) is 7.47. The standard InChI is InChI=1S/C30H31Cl2NO2/c1-17-6-8-18(9-7-17)26-27-22(13-29(2,3)15-24(27)34)33(21-11-10-19(31)12-20(21)32)23-14-30(4,5)16-25(35)28(23)26/h6-12,26H,13-16H2,1-5H3. The minimum absolute atomic E-state index is 0.112. The van der Waals surface area contributed by atoms with Crippen molar-refractivity contribution >= 4 is 40.5 Å². The first-order valence-electron chi connectivity index (χ1n) is 12.2. The van der Waals surface area contributed by atoms with Crippen LogP contribution in [0.4, 0.5) is 5.69 Å². The van der Waals surface area contributed by atoms with Crippen molar-refractivity contribution in [2.75, 3.05) is 4.90 Å². The van der Waals surface area contributed by atoms with Gasteiger partial charge in [0.05, 0.1) is 10.7 Å². The van der Waals surface area contributed by atoms with E-state index in [2.05, 4.69) is 56.9 Å². The number of benzene rings is 2. The van der Waals surface area contributed by atoms with Gasteiger partial charge in [-0.2, -0.15) is 0 Å². The highest BCUT2D eigenvalue weighted by Crippen LogP contribution is 2.56. The molecule has 2 aromatic carbocycles. The van der Waals surface area contributed by atoms with E-state index in [9.17, 15) is 9.59 Å². The van der Waals surface area contributed by atoms with Crippen LogP contribution >= 0.6 is 23.2 Å². The second-order valence-electron chi connectivity index (χ2n) is 11.9. The monoisotopic (exact) mass is 507 g/mol. The van der Waals surface area contributed by atoms with Gasteiger partial charge in [0.2, 0.25) is 0 Å². The summed E-state index contributed by atoms with van der Waals surface area (Å²) in [6.45, 7) is 10.6. The van der Waals surface area contributed by atoms with Gasteiger partial charge in [0, 0.05) is 46.3 Å². The van der Waals surface area contributed by atoms with Gasteiger partial charge in [-0.15, -0.1) is 0 Å². The molecule has 0 unspecified atom stereocenters. The number of halogens is 2. The van der Waals surface area contributed by atoms with Crippen LogP contribution in [0, 0.1) is 17.8 Å². The molecule has 0 bridgehead atoms. The number of allylic oxidation sites excluding steroid dienone is 4. The molecule has 3 aliphatic rings. The Labute approximate surface area is 217 Å². The minimum Gasteiger partial charge on any atom is -0.316 e. The topological polar surface area (TPSA) is 37.4 Å². The van der Waals surface area contributed by atoms with Gasteiger partial charge in [-0.1, -0.05) is 80.7 Å². The molecule has 0 N–H and O–H groups in total. The van der Waals surface area contributed by atoms with Gasteiger partial charge >= 0.3 is 0 Å². The zero-order valence-electron chi connectivity index (χ0n) is 21.0. The van der Waals surface area contributed by atoms with E-state index in [1.807, 2.05) is 19.1 Å². The number of nitrogens with zero attached hydrogens (tertiary/aromatic N) is 1. The third kappa shape index (κ3) is 4.27. The highest BCUT2D eigenvalue weighted by molar-refractivity contribution is 6.36. The number of carbonyl (C=O) groups excluding carboxylic acids is 2. The van der Waals surface area contributed by atoms with E-state index in [-0.39, 0.29) is 28.3 Å². The largest absolute Gasteiger partial charge is 0.316 e. The molecule has 182 valence electrons. The van der Waals surface area contributed by atoms with Gasteiger partial charge in [0.15, 0.2) is 11.6 Å². The van der Waals surface area contributed by atoms with Crippen molar-refractivity contribution in [3.05, 3.63) is 86.2 Å². The summed E-state index contributed by atoms with van der Waals surface area (Å²) in [6, 6.07) is 13.7. The highest BCUT2D eigenvalue weighted by Gasteiger charge is 2.49. The number of ketones is 2. The molecule has 0 radical (unpaired) electrons. The Morgan fingerprint density at radius 2 is 1.29 bits per heavy atom. The van der Waals surface area contributed by atoms with Crippen LogP contribution in [0.5, 0.6) is 0 Å².